The molecule has 0 saturated heterocycles. The van der Waals surface area contributed by atoms with E-state index in [0.29, 0.717) is 13.0 Å². The van der Waals surface area contributed by atoms with Crippen LogP contribution >= 0.6 is 0 Å². The second kappa shape index (κ2) is 19.8. The van der Waals surface area contributed by atoms with E-state index in [1.165, 1.54) is 83.5 Å². The molecule has 0 saturated carbocycles. The van der Waals surface area contributed by atoms with Crippen LogP contribution in [0.1, 0.15) is 110 Å². The van der Waals surface area contributed by atoms with E-state index < -0.39 is 0 Å². The van der Waals surface area contributed by atoms with Crippen molar-refractivity contribution in [3.05, 3.63) is 0 Å². The first-order valence-corrected chi connectivity index (χ1v) is 11.0. The van der Waals surface area contributed by atoms with E-state index in [1.54, 1.807) is 0 Å². The molecule has 0 atom stereocenters. The van der Waals surface area contributed by atoms with Crippen molar-refractivity contribution in [2.24, 2.45) is 0 Å². The SMILES string of the molecule is CCCCCCCCCCCCCCOC(=O)CCN(C)CCCC. The monoisotopic (exact) mass is 355 g/mol. The zero-order valence-electron chi connectivity index (χ0n) is 17.5. The Morgan fingerprint density at radius 3 is 1.68 bits per heavy atom. The van der Waals surface area contributed by atoms with Crippen LogP contribution in [-0.2, 0) is 9.53 Å². The van der Waals surface area contributed by atoms with Crippen molar-refractivity contribution in [3.8, 4) is 0 Å². The molecule has 0 aliphatic rings. The predicted molar refractivity (Wildman–Crippen MR) is 109 cm³/mol. The Labute approximate surface area is 157 Å². The Hall–Kier alpha value is -0.570. The van der Waals surface area contributed by atoms with Crippen LogP contribution in [0.3, 0.4) is 0 Å². The van der Waals surface area contributed by atoms with Crippen molar-refractivity contribution in [2.75, 3.05) is 26.7 Å². The molecule has 0 aromatic rings. The minimum Gasteiger partial charge on any atom is -0.466 e. The number of hydrogen-bond acceptors (Lipinski definition) is 3. The molecule has 0 amide bonds. The highest BCUT2D eigenvalue weighted by Crippen LogP contribution is 2.12. The number of rotatable bonds is 19. The van der Waals surface area contributed by atoms with E-state index in [-0.39, 0.29) is 5.97 Å². The average molecular weight is 356 g/mol. The summed E-state index contributed by atoms with van der Waals surface area (Å²) in [5, 5.41) is 0. The maximum absolute atomic E-state index is 11.7. The first kappa shape index (κ1) is 24.4. The third-order valence-electron chi connectivity index (χ3n) is 4.85. The molecule has 0 rings (SSSR count). The second-order valence-electron chi connectivity index (χ2n) is 7.52. The van der Waals surface area contributed by atoms with Gasteiger partial charge in [-0.05, 0) is 26.4 Å². The zero-order chi connectivity index (χ0) is 18.6. The first-order chi connectivity index (χ1) is 12.2. The van der Waals surface area contributed by atoms with E-state index in [9.17, 15) is 4.79 Å². The maximum Gasteiger partial charge on any atom is 0.307 e. The molecular weight excluding hydrogens is 310 g/mol. The second-order valence-corrected chi connectivity index (χ2v) is 7.52. The van der Waals surface area contributed by atoms with Gasteiger partial charge in [0.2, 0.25) is 0 Å². The van der Waals surface area contributed by atoms with Crippen molar-refractivity contribution in [2.45, 2.75) is 110 Å². The number of unbranched alkanes of at least 4 members (excludes halogenated alkanes) is 12. The van der Waals surface area contributed by atoms with Crippen molar-refractivity contribution in [3.63, 3.8) is 0 Å². The zero-order valence-corrected chi connectivity index (χ0v) is 17.5. The van der Waals surface area contributed by atoms with Crippen LogP contribution in [0.4, 0.5) is 0 Å². The summed E-state index contributed by atoms with van der Waals surface area (Å²) in [7, 11) is 2.08. The van der Waals surface area contributed by atoms with E-state index in [2.05, 4.69) is 25.8 Å². The van der Waals surface area contributed by atoms with Crippen molar-refractivity contribution >= 4 is 5.97 Å². The van der Waals surface area contributed by atoms with Crippen LogP contribution in [0.15, 0.2) is 0 Å². The van der Waals surface area contributed by atoms with E-state index in [0.717, 1.165) is 19.5 Å². The third-order valence-corrected chi connectivity index (χ3v) is 4.85. The number of nitrogens with zero attached hydrogens (tertiary/aromatic N) is 1. The predicted octanol–water partition coefficient (Wildman–Crippen LogP) is 6.35. The minimum atomic E-state index is -0.0357. The molecule has 0 radical (unpaired) electrons. The lowest BCUT2D eigenvalue weighted by molar-refractivity contribution is -0.144. The molecule has 0 aliphatic carbocycles. The smallest absolute Gasteiger partial charge is 0.307 e. The number of ether oxygens (including phenoxy) is 1. The molecule has 150 valence electrons. The number of esters is 1. The van der Waals surface area contributed by atoms with Crippen LogP contribution in [0.5, 0.6) is 0 Å². The molecule has 25 heavy (non-hydrogen) atoms. The van der Waals surface area contributed by atoms with Gasteiger partial charge in [0, 0.05) is 6.54 Å². The molecule has 0 N–H and O–H groups in total. The Balaban J connectivity index is 3.21. The Kier molecular flexibility index (Phi) is 19.3. The first-order valence-electron chi connectivity index (χ1n) is 11.0. The quantitative estimate of drug-likeness (QED) is 0.200. The number of carbonyl (C=O) groups is 1. The molecule has 0 unspecified atom stereocenters. The van der Waals surface area contributed by atoms with Crippen molar-refractivity contribution < 1.29 is 9.53 Å². The average Bonchev–Trinajstić information content (AvgIpc) is 2.62. The molecule has 0 heterocycles. The highest BCUT2D eigenvalue weighted by atomic mass is 16.5. The van der Waals surface area contributed by atoms with Gasteiger partial charge in [0.05, 0.1) is 13.0 Å². The van der Waals surface area contributed by atoms with Gasteiger partial charge in [0.15, 0.2) is 0 Å². The molecule has 0 aromatic heterocycles. The molecule has 0 bridgehead atoms. The van der Waals surface area contributed by atoms with Gasteiger partial charge in [-0.25, -0.2) is 0 Å². The number of carbonyl (C=O) groups excluding carboxylic acids is 1. The lowest BCUT2D eigenvalue weighted by Crippen LogP contribution is -2.23. The van der Waals surface area contributed by atoms with Crippen molar-refractivity contribution in [1.82, 2.24) is 4.90 Å². The lowest BCUT2D eigenvalue weighted by atomic mass is 10.1. The fourth-order valence-corrected chi connectivity index (χ4v) is 3.02. The molecule has 0 aromatic carbocycles. The van der Waals surface area contributed by atoms with E-state index in [4.69, 9.17) is 4.74 Å². The lowest BCUT2D eigenvalue weighted by Gasteiger charge is -2.15. The van der Waals surface area contributed by atoms with Gasteiger partial charge in [0.25, 0.3) is 0 Å². The fraction of sp³-hybridized carbons (Fsp3) is 0.955. The van der Waals surface area contributed by atoms with Crippen molar-refractivity contribution in [1.29, 1.82) is 0 Å². The van der Waals surface area contributed by atoms with Crippen LogP contribution < -0.4 is 0 Å². The maximum atomic E-state index is 11.7. The van der Waals surface area contributed by atoms with Gasteiger partial charge in [0.1, 0.15) is 0 Å². The standard InChI is InChI=1S/C22H45NO2/c1-4-6-8-9-10-11-12-13-14-15-16-17-21-25-22(24)18-20-23(3)19-7-5-2/h4-21H2,1-3H3. The highest BCUT2D eigenvalue weighted by Gasteiger charge is 2.05. The Morgan fingerprint density at radius 1 is 0.680 bits per heavy atom. The normalized spacial score (nSPS) is 11.2. The van der Waals surface area contributed by atoms with Gasteiger partial charge < -0.3 is 9.64 Å². The third kappa shape index (κ3) is 19.6. The fourth-order valence-electron chi connectivity index (χ4n) is 3.02. The molecule has 0 aliphatic heterocycles. The van der Waals surface area contributed by atoms with Gasteiger partial charge in [-0.3, -0.25) is 4.79 Å². The summed E-state index contributed by atoms with van der Waals surface area (Å²) in [4.78, 5) is 13.9. The van der Waals surface area contributed by atoms with E-state index in [1.807, 2.05) is 0 Å². The van der Waals surface area contributed by atoms with Crippen LogP contribution in [-0.4, -0.2) is 37.6 Å². The van der Waals surface area contributed by atoms with Gasteiger partial charge >= 0.3 is 5.97 Å². The van der Waals surface area contributed by atoms with Crippen LogP contribution in [0.25, 0.3) is 0 Å². The number of hydrogen-bond donors (Lipinski definition) is 0. The van der Waals surface area contributed by atoms with Gasteiger partial charge in [-0.2, -0.15) is 0 Å². The van der Waals surface area contributed by atoms with Crippen LogP contribution in [0.2, 0.25) is 0 Å². The molecular formula is C22H45NO2. The summed E-state index contributed by atoms with van der Waals surface area (Å²) >= 11 is 0. The minimum absolute atomic E-state index is 0.0357. The highest BCUT2D eigenvalue weighted by molar-refractivity contribution is 5.69. The molecule has 0 spiro atoms. The molecule has 0 fully saturated rings. The summed E-state index contributed by atoms with van der Waals surface area (Å²) in [6, 6.07) is 0. The summed E-state index contributed by atoms with van der Waals surface area (Å²) in [5.41, 5.74) is 0. The summed E-state index contributed by atoms with van der Waals surface area (Å²) in [6.45, 7) is 6.96. The van der Waals surface area contributed by atoms with Gasteiger partial charge in [-0.1, -0.05) is 90.9 Å². The van der Waals surface area contributed by atoms with E-state index >= 15 is 0 Å². The Bertz CT molecular complexity index is 281. The topological polar surface area (TPSA) is 29.5 Å². The van der Waals surface area contributed by atoms with Gasteiger partial charge in [-0.15, -0.1) is 0 Å². The molecule has 3 nitrogen and oxygen atoms in total. The summed E-state index contributed by atoms with van der Waals surface area (Å²) in [5.74, 6) is -0.0357. The molecule has 3 heteroatoms. The Morgan fingerprint density at radius 2 is 1.16 bits per heavy atom. The van der Waals surface area contributed by atoms with Crippen LogP contribution in [0, 0.1) is 0 Å². The largest absolute Gasteiger partial charge is 0.466 e. The summed E-state index contributed by atoms with van der Waals surface area (Å²) in [6.07, 6.45) is 19.0. The summed E-state index contributed by atoms with van der Waals surface area (Å²) < 4.78 is 5.32.